The van der Waals surface area contributed by atoms with E-state index >= 15 is 0 Å². The minimum Gasteiger partial charge on any atom is -0.349 e. The monoisotopic (exact) mass is 315 g/mol. The number of hydrogen-bond acceptors (Lipinski definition) is 4. The normalized spacial score (nSPS) is 27.1. The predicted molar refractivity (Wildman–Crippen MR) is 84.4 cm³/mol. The van der Waals surface area contributed by atoms with Gasteiger partial charge in [-0.1, -0.05) is 0 Å². The molecule has 3 heterocycles. The Kier molecular flexibility index (Phi) is 3.58. The molecule has 1 aliphatic carbocycles. The number of carbonyl (C=O) groups is 1. The van der Waals surface area contributed by atoms with Crippen LogP contribution in [0.15, 0.2) is 18.3 Å². The molecule has 1 aliphatic heterocycles. The topological polar surface area (TPSA) is 64.9 Å². The van der Waals surface area contributed by atoms with Crippen LogP contribution in [0.25, 0.3) is 5.65 Å². The molecule has 4 rings (SSSR count). The van der Waals surface area contributed by atoms with Crippen molar-refractivity contribution in [3.05, 3.63) is 35.3 Å². The summed E-state index contributed by atoms with van der Waals surface area (Å²) in [6.07, 6.45) is 4.88. The van der Waals surface area contributed by atoms with Gasteiger partial charge in [-0.15, -0.1) is 0 Å². The summed E-state index contributed by atoms with van der Waals surface area (Å²) < 4.78 is 13.0. The second kappa shape index (κ2) is 5.62. The molecule has 0 bridgehead atoms. The van der Waals surface area contributed by atoms with Crippen LogP contribution in [0, 0.1) is 13.8 Å². The van der Waals surface area contributed by atoms with Gasteiger partial charge in [0, 0.05) is 23.6 Å². The van der Waals surface area contributed by atoms with E-state index in [1.807, 2.05) is 36.6 Å². The first kappa shape index (κ1) is 14.7. The Bertz CT molecular complexity index is 755. The molecule has 2 fully saturated rings. The maximum atomic E-state index is 12.7. The minimum absolute atomic E-state index is 0.0626. The van der Waals surface area contributed by atoms with Gasteiger partial charge in [-0.2, -0.15) is 0 Å². The molecule has 23 heavy (non-hydrogen) atoms. The maximum absolute atomic E-state index is 12.7. The van der Waals surface area contributed by atoms with Crippen LogP contribution in [0.4, 0.5) is 0 Å². The largest absolute Gasteiger partial charge is 0.349 e. The van der Waals surface area contributed by atoms with Crippen molar-refractivity contribution in [2.45, 2.75) is 51.4 Å². The molecule has 122 valence electrons. The third-order valence-electron chi connectivity index (χ3n) is 4.81. The number of aryl methyl sites for hydroxylation is 2. The lowest BCUT2D eigenvalue weighted by Crippen LogP contribution is -2.43. The molecule has 1 saturated heterocycles. The van der Waals surface area contributed by atoms with E-state index in [4.69, 9.17) is 9.47 Å². The van der Waals surface area contributed by atoms with Gasteiger partial charge in [0.25, 0.3) is 5.91 Å². The SMILES string of the molecule is Cc1cc(C)n2ccc(C(=O)NC3CCC4OCOC4C3)c2n1. The summed E-state index contributed by atoms with van der Waals surface area (Å²) in [6.45, 7) is 4.34. The minimum atomic E-state index is -0.0626. The van der Waals surface area contributed by atoms with Gasteiger partial charge in [-0.25, -0.2) is 4.98 Å². The van der Waals surface area contributed by atoms with Gasteiger partial charge in [0.05, 0.1) is 17.8 Å². The third kappa shape index (κ3) is 2.62. The molecule has 2 aromatic rings. The lowest BCUT2D eigenvalue weighted by Gasteiger charge is -2.29. The van der Waals surface area contributed by atoms with Crippen molar-refractivity contribution < 1.29 is 14.3 Å². The lowest BCUT2D eigenvalue weighted by molar-refractivity contribution is 0.0392. The molecule has 6 heteroatoms. The summed E-state index contributed by atoms with van der Waals surface area (Å²) in [7, 11) is 0. The summed E-state index contributed by atoms with van der Waals surface area (Å²) in [5, 5.41) is 3.14. The highest BCUT2D eigenvalue weighted by atomic mass is 16.7. The van der Waals surface area contributed by atoms with Gasteiger partial charge >= 0.3 is 0 Å². The maximum Gasteiger partial charge on any atom is 0.255 e. The zero-order valence-corrected chi connectivity index (χ0v) is 13.4. The van der Waals surface area contributed by atoms with Crippen molar-refractivity contribution in [1.29, 1.82) is 0 Å². The molecule has 2 aromatic heterocycles. The molecule has 3 atom stereocenters. The molecule has 1 amide bonds. The standard InChI is InChI=1S/C17H21N3O3/c1-10-7-11(2)20-6-5-13(16(20)18-10)17(21)19-12-3-4-14-15(8-12)23-9-22-14/h5-7,12,14-15H,3-4,8-9H2,1-2H3,(H,19,21). The number of fused-ring (bicyclic) bond motifs is 2. The molecule has 1 saturated carbocycles. The fraction of sp³-hybridized carbons (Fsp3) is 0.529. The Morgan fingerprint density at radius 3 is 3.00 bits per heavy atom. The number of aromatic nitrogens is 2. The fourth-order valence-electron chi connectivity index (χ4n) is 3.65. The van der Waals surface area contributed by atoms with Crippen molar-refractivity contribution >= 4 is 11.6 Å². The van der Waals surface area contributed by atoms with Gasteiger partial charge in [0.1, 0.15) is 12.4 Å². The average molecular weight is 315 g/mol. The van der Waals surface area contributed by atoms with Crippen LogP contribution in [0.3, 0.4) is 0 Å². The van der Waals surface area contributed by atoms with Crippen molar-refractivity contribution in [3.63, 3.8) is 0 Å². The van der Waals surface area contributed by atoms with Gasteiger partial charge in [-0.3, -0.25) is 4.79 Å². The van der Waals surface area contributed by atoms with E-state index in [2.05, 4.69) is 10.3 Å². The number of amides is 1. The summed E-state index contributed by atoms with van der Waals surface area (Å²) in [5.74, 6) is -0.0626. The number of carbonyl (C=O) groups excluding carboxylic acids is 1. The number of nitrogens with zero attached hydrogens (tertiary/aromatic N) is 2. The summed E-state index contributed by atoms with van der Waals surface area (Å²) in [4.78, 5) is 17.2. The molecule has 2 aliphatic rings. The molecular formula is C17H21N3O3. The van der Waals surface area contributed by atoms with E-state index in [9.17, 15) is 4.79 Å². The van der Waals surface area contributed by atoms with E-state index in [1.54, 1.807) is 0 Å². The van der Waals surface area contributed by atoms with E-state index in [-0.39, 0.29) is 24.2 Å². The summed E-state index contributed by atoms with van der Waals surface area (Å²) >= 11 is 0. The molecule has 1 N–H and O–H groups in total. The lowest BCUT2D eigenvalue weighted by atomic mass is 9.90. The molecule has 3 unspecified atom stereocenters. The van der Waals surface area contributed by atoms with Gasteiger partial charge in [-0.05, 0) is 45.2 Å². The first-order valence-corrected chi connectivity index (χ1v) is 8.11. The number of rotatable bonds is 2. The van der Waals surface area contributed by atoms with Crippen LogP contribution in [0.2, 0.25) is 0 Å². The highest BCUT2D eigenvalue weighted by Crippen LogP contribution is 2.28. The molecule has 0 spiro atoms. The van der Waals surface area contributed by atoms with E-state index in [1.165, 1.54) is 0 Å². The molecular weight excluding hydrogens is 294 g/mol. The number of nitrogens with one attached hydrogen (secondary N) is 1. The fourth-order valence-corrected chi connectivity index (χ4v) is 3.65. The van der Waals surface area contributed by atoms with Crippen LogP contribution in [0.5, 0.6) is 0 Å². The zero-order valence-electron chi connectivity index (χ0n) is 13.4. The average Bonchev–Trinajstić information content (AvgIpc) is 3.12. The van der Waals surface area contributed by atoms with Gasteiger partial charge in [0.2, 0.25) is 0 Å². The predicted octanol–water partition coefficient (Wildman–Crippen LogP) is 1.97. The third-order valence-corrected chi connectivity index (χ3v) is 4.81. The van der Waals surface area contributed by atoms with Crippen LogP contribution >= 0.6 is 0 Å². The van der Waals surface area contributed by atoms with Crippen molar-refractivity contribution in [3.8, 4) is 0 Å². The van der Waals surface area contributed by atoms with Gasteiger partial charge in [0.15, 0.2) is 0 Å². The molecule has 0 aromatic carbocycles. The smallest absolute Gasteiger partial charge is 0.255 e. The summed E-state index contributed by atoms with van der Waals surface area (Å²) in [5.41, 5.74) is 3.33. The number of hydrogen-bond donors (Lipinski definition) is 1. The first-order chi connectivity index (χ1) is 11.1. The van der Waals surface area contributed by atoms with Crippen LogP contribution in [-0.4, -0.2) is 40.3 Å². The zero-order chi connectivity index (χ0) is 16.0. The van der Waals surface area contributed by atoms with Gasteiger partial charge < -0.3 is 19.2 Å². The highest BCUT2D eigenvalue weighted by Gasteiger charge is 2.36. The van der Waals surface area contributed by atoms with Crippen LogP contribution in [-0.2, 0) is 9.47 Å². The quantitative estimate of drug-likeness (QED) is 0.920. The Labute approximate surface area is 134 Å². The second-order valence-corrected chi connectivity index (χ2v) is 6.47. The summed E-state index contributed by atoms with van der Waals surface area (Å²) in [6, 6.07) is 3.98. The van der Waals surface area contributed by atoms with E-state index < -0.39 is 0 Å². The Balaban J connectivity index is 1.53. The van der Waals surface area contributed by atoms with E-state index in [0.717, 1.165) is 30.7 Å². The molecule has 0 radical (unpaired) electrons. The Morgan fingerprint density at radius 1 is 1.30 bits per heavy atom. The molecule has 6 nitrogen and oxygen atoms in total. The Morgan fingerprint density at radius 2 is 2.13 bits per heavy atom. The number of ether oxygens (including phenoxy) is 2. The first-order valence-electron chi connectivity index (χ1n) is 8.11. The Hall–Kier alpha value is -1.92. The second-order valence-electron chi connectivity index (χ2n) is 6.47. The van der Waals surface area contributed by atoms with Crippen molar-refractivity contribution in [2.24, 2.45) is 0 Å². The van der Waals surface area contributed by atoms with Crippen molar-refractivity contribution in [2.75, 3.05) is 6.79 Å². The van der Waals surface area contributed by atoms with Crippen molar-refractivity contribution in [1.82, 2.24) is 14.7 Å². The van der Waals surface area contributed by atoms with Crippen LogP contribution in [0.1, 0.15) is 41.0 Å². The highest BCUT2D eigenvalue weighted by molar-refractivity contribution is 6.00. The van der Waals surface area contributed by atoms with E-state index in [0.29, 0.717) is 18.0 Å². The van der Waals surface area contributed by atoms with Crippen LogP contribution < -0.4 is 5.32 Å².